The van der Waals surface area contributed by atoms with Crippen LogP contribution in [0.4, 0.5) is 0 Å². The normalized spacial score (nSPS) is 15.2. The van der Waals surface area contributed by atoms with Gasteiger partial charge in [0.05, 0.1) is 24.8 Å². The second-order valence-electron chi connectivity index (χ2n) is 24.1. The standard InChI is InChI=1S/C64H98N8O14S/c1-15-42(5)48(36-55(76)64(9,10)70(11)12)63(83)71(13)51(40(2)3)37-54(86-45(8)73)62-69-50(39-87-62)61(82)67-47(35-46-23-21-41(4)22-24-46)33-43(6)53(75)34-44(7)60(81)68-49(19-16-17-28-66-57(78)38-85-32-31-84-14)52(74)20-18-29-65-56(77)27-30-72-58(79)25-26-59(72)80/h21-26,39-40,42-44,47-49,51,54H,15-20,27-38H2,1-14H3,(H,65,77)(H,66,78)(H,67,82)(H,68,81)/t42?,43?,44?,47-,48+,49?,51-,54-/m1/s1. The first-order chi connectivity index (χ1) is 41.0. The lowest BCUT2D eigenvalue weighted by atomic mass is 9.81. The second-order valence-corrected chi connectivity index (χ2v) is 25.0. The van der Waals surface area contributed by atoms with Crippen molar-refractivity contribution in [3.05, 3.63) is 63.6 Å². The molecule has 4 N–H and O–H groups in total. The third-order valence-electron chi connectivity index (χ3n) is 16.3. The molecule has 1 aliphatic heterocycles. The molecule has 2 aromatic rings. The number of rotatable bonds is 42. The smallest absolute Gasteiger partial charge is 0.303 e. The van der Waals surface area contributed by atoms with E-state index in [2.05, 4.69) is 21.3 Å². The van der Waals surface area contributed by atoms with Crippen molar-refractivity contribution >= 4 is 76.0 Å². The SMILES string of the molecule is CCC(C)[C@H](CC(=O)C(C)(C)N(C)C)C(=O)N(C)[C@H](C[C@@H](OC(C)=O)c1nc(C(=O)N[C@@H](Cc2ccc(C)cc2)CC(C)C(=O)CC(C)C(=O)NC(CCCCNC(=O)COCCOC)C(=O)CCCNC(=O)CCN2C(=O)C=CC2=O)cs1)C(C)C. The van der Waals surface area contributed by atoms with Crippen molar-refractivity contribution in [2.24, 2.45) is 29.6 Å². The Morgan fingerprint density at radius 3 is 2.03 bits per heavy atom. The molecule has 23 heteroatoms. The van der Waals surface area contributed by atoms with Gasteiger partial charge >= 0.3 is 5.97 Å². The van der Waals surface area contributed by atoms with Crippen molar-refractivity contribution in [2.75, 3.05) is 67.7 Å². The average Bonchev–Trinajstić information content (AvgIpc) is 2.63. The zero-order valence-electron chi connectivity index (χ0n) is 53.9. The summed E-state index contributed by atoms with van der Waals surface area (Å²) < 4.78 is 16.1. The number of ether oxygens (including phenoxy) is 3. The van der Waals surface area contributed by atoms with Crippen molar-refractivity contribution in [1.82, 2.24) is 41.0 Å². The number of carbonyl (C=O) groups excluding carboxylic acids is 11. The molecule has 0 radical (unpaired) electrons. The van der Waals surface area contributed by atoms with E-state index in [0.717, 1.165) is 39.5 Å². The van der Waals surface area contributed by atoms with Crippen LogP contribution in [0.2, 0.25) is 0 Å². The molecule has 1 aromatic carbocycles. The Morgan fingerprint density at radius 1 is 0.782 bits per heavy atom. The van der Waals surface area contributed by atoms with E-state index in [9.17, 15) is 52.7 Å². The molecule has 0 bridgehead atoms. The summed E-state index contributed by atoms with van der Waals surface area (Å²) in [6.07, 6.45) is 3.99. The van der Waals surface area contributed by atoms with E-state index < -0.39 is 83.0 Å². The maximum Gasteiger partial charge on any atom is 0.303 e. The molecular weight excluding hydrogens is 1140 g/mol. The third kappa shape index (κ3) is 25.2. The number of likely N-dealkylation sites (N-methyl/N-ethyl adjacent to an activating group) is 1. The summed E-state index contributed by atoms with van der Waals surface area (Å²) in [6.45, 7) is 19.0. The number of aromatic nitrogens is 1. The van der Waals surface area contributed by atoms with Crippen LogP contribution in [0.15, 0.2) is 41.8 Å². The predicted octanol–water partition coefficient (Wildman–Crippen LogP) is 6.07. The van der Waals surface area contributed by atoms with Gasteiger partial charge in [0.25, 0.3) is 17.7 Å². The number of imide groups is 1. The summed E-state index contributed by atoms with van der Waals surface area (Å²) in [5, 5.41) is 13.4. The minimum atomic E-state index is -0.931. The average molecular weight is 1240 g/mol. The Kier molecular flexibility index (Phi) is 32.0. The zero-order valence-corrected chi connectivity index (χ0v) is 54.7. The number of unbranched alkanes of at least 4 members (excludes halogenated alkanes) is 1. The van der Waals surface area contributed by atoms with Gasteiger partial charge in [-0.05, 0) is 90.8 Å². The van der Waals surface area contributed by atoms with Crippen LogP contribution in [-0.4, -0.2) is 176 Å². The molecule has 3 rings (SSSR count). The topological polar surface area (TPSA) is 286 Å². The number of nitrogens with zero attached hydrogens (tertiary/aromatic N) is 4. The van der Waals surface area contributed by atoms with E-state index in [-0.39, 0.29) is 124 Å². The van der Waals surface area contributed by atoms with Crippen LogP contribution >= 0.6 is 11.3 Å². The molecule has 0 fully saturated rings. The number of esters is 1. The number of methoxy groups -OCH3 is 1. The van der Waals surface area contributed by atoms with Crippen LogP contribution in [0.25, 0.3) is 0 Å². The van der Waals surface area contributed by atoms with Gasteiger partial charge in [-0.15, -0.1) is 11.3 Å². The summed E-state index contributed by atoms with van der Waals surface area (Å²) in [5.41, 5.74) is 1.23. The Balaban J connectivity index is 1.75. The molecule has 4 unspecified atom stereocenters. The number of amides is 7. The van der Waals surface area contributed by atoms with Gasteiger partial charge in [-0.2, -0.15) is 0 Å². The van der Waals surface area contributed by atoms with Crippen LogP contribution < -0.4 is 21.3 Å². The molecule has 0 spiro atoms. The molecule has 0 saturated heterocycles. The fourth-order valence-corrected chi connectivity index (χ4v) is 10.7. The quantitative estimate of drug-likeness (QED) is 0.0333. The molecule has 0 aliphatic carbocycles. The van der Waals surface area contributed by atoms with E-state index in [1.807, 2.05) is 91.7 Å². The van der Waals surface area contributed by atoms with Crippen molar-refractivity contribution in [2.45, 2.75) is 176 Å². The number of aryl methyl sites for hydroxylation is 1. The van der Waals surface area contributed by atoms with Gasteiger partial charge in [0.2, 0.25) is 23.6 Å². The summed E-state index contributed by atoms with van der Waals surface area (Å²) in [5.74, 6) is -6.31. The number of Topliss-reactive ketones (excluding diaryl/α,β-unsaturated/α-hetero) is 3. The minimum Gasteiger partial charge on any atom is -0.455 e. The van der Waals surface area contributed by atoms with E-state index in [0.29, 0.717) is 43.8 Å². The first-order valence-corrected chi connectivity index (χ1v) is 31.3. The lowest BCUT2D eigenvalue weighted by Crippen LogP contribution is -2.50. The number of hydrogen-bond donors (Lipinski definition) is 4. The fraction of sp³-hybridized carbons (Fsp3) is 0.656. The van der Waals surface area contributed by atoms with E-state index in [1.54, 1.807) is 31.2 Å². The summed E-state index contributed by atoms with van der Waals surface area (Å²) >= 11 is 1.15. The number of nitrogens with one attached hydrogen (secondary N) is 4. The van der Waals surface area contributed by atoms with Crippen LogP contribution in [0.5, 0.6) is 0 Å². The van der Waals surface area contributed by atoms with Gasteiger partial charge in [0.15, 0.2) is 17.7 Å². The van der Waals surface area contributed by atoms with Crippen LogP contribution in [0, 0.1) is 36.5 Å². The Labute approximate surface area is 518 Å². The highest BCUT2D eigenvalue weighted by Crippen LogP contribution is 2.33. The monoisotopic (exact) mass is 1230 g/mol. The summed E-state index contributed by atoms with van der Waals surface area (Å²) in [4.78, 5) is 154. The highest BCUT2D eigenvalue weighted by atomic mass is 32.1. The molecule has 8 atom stereocenters. The molecule has 484 valence electrons. The van der Waals surface area contributed by atoms with E-state index in [1.165, 1.54) is 14.0 Å². The fourth-order valence-electron chi connectivity index (χ4n) is 9.90. The first kappa shape index (κ1) is 74.7. The van der Waals surface area contributed by atoms with Gasteiger partial charge in [-0.1, -0.05) is 77.8 Å². The van der Waals surface area contributed by atoms with Crippen molar-refractivity contribution < 1.29 is 67.0 Å². The van der Waals surface area contributed by atoms with Crippen LogP contribution in [-0.2, 0) is 68.6 Å². The van der Waals surface area contributed by atoms with Gasteiger partial charge < -0.3 is 40.4 Å². The minimum absolute atomic E-state index is 0.000182. The highest BCUT2D eigenvalue weighted by molar-refractivity contribution is 7.09. The summed E-state index contributed by atoms with van der Waals surface area (Å²) in [6, 6.07) is 5.86. The van der Waals surface area contributed by atoms with Gasteiger partial charge in [-0.3, -0.25) is 62.5 Å². The van der Waals surface area contributed by atoms with Crippen molar-refractivity contribution in [1.29, 1.82) is 0 Å². The lowest BCUT2D eigenvalue weighted by Gasteiger charge is -2.38. The number of carbonyl (C=O) groups is 11. The molecule has 7 amide bonds. The molecule has 1 aromatic heterocycles. The number of thiazole rings is 1. The first-order valence-electron chi connectivity index (χ1n) is 30.5. The Hall–Kier alpha value is -6.56. The summed E-state index contributed by atoms with van der Waals surface area (Å²) in [7, 11) is 6.92. The van der Waals surface area contributed by atoms with Gasteiger partial charge in [0.1, 0.15) is 23.1 Å². The maximum absolute atomic E-state index is 14.5. The molecule has 22 nitrogen and oxygen atoms in total. The highest BCUT2D eigenvalue weighted by Gasteiger charge is 2.39. The third-order valence-corrected chi connectivity index (χ3v) is 17.3. The maximum atomic E-state index is 14.5. The van der Waals surface area contributed by atoms with Gasteiger partial charge in [0, 0.05) is 120 Å². The molecule has 2 heterocycles. The predicted molar refractivity (Wildman–Crippen MR) is 331 cm³/mol. The molecule has 1 aliphatic rings. The largest absolute Gasteiger partial charge is 0.455 e. The van der Waals surface area contributed by atoms with Crippen molar-refractivity contribution in [3.8, 4) is 0 Å². The number of benzene rings is 1. The number of hydrogen-bond acceptors (Lipinski definition) is 17. The molecule has 87 heavy (non-hydrogen) atoms. The zero-order chi connectivity index (χ0) is 65.1. The van der Waals surface area contributed by atoms with E-state index in [4.69, 9.17) is 19.2 Å². The second kappa shape index (κ2) is 37.3. The van der Waals surface area contributed by atoms with Crippen molar-refractivity contribution in [3.63, 3.8) is 0 Å². The molecule has 0 saturated carbocycles. The van der Waals surface area contributed by atoms with Crippen LogP contribution in [0.1, 0.15) is 166 Å². The molecular formula is C64H98N8O14S. The van der Waals surface area contributed by atoms with E-state index >= 15 is 0 Å². The Bertz CT molecular complexity index is 2650. The number of ketones is 3. The lowest BCUT2D eigenvalue weighted by molar-refractivity contribution is -0.150. The van der Waals surface area contributed by atoms with Crippen LogP contribution in [0.3, 0.4) is 0 Å². The Morgan fingerprint density at radius 2 is 1.43 bits per heavy atom. The van der Waals surface area contributed by atoms with Gasteiger partial charge in [-0.25, -0.2) is 4.98 Å².